The molecule has 0 radical (unpaired) electrons. The van der Waals surface area contributed by atoms with E-state index in [2.05, 4.69) is 4.90 Å². The maximum Gasteiger partial charge on any atom is 0.246 e. The first-order valence-electron chi connectivity index (χ1n) is 8.48. The van der Waals surface area contributed by atoms with Crippen molar-refractivity contribution < 1.29 is 9.59 Å². The summed E-state index contributed by atoms with van der Waals surface area (Å²) >= 11 is 0. The molecule has 5 nitrogen and oxygen atoms in total. The van der Waals surface area contributed by atoms with Gasteiger partial charge in [-0.25, -0.2) is 0 Å². The molecule has 1 saturated heterocycles. The molecule has 0 N–H and O–H groups in total. The lowest BCUT2D eigenvalue weighted by atomic mass is 10.2. The van der Waals surface area contributed by atoms with Gasteiger partial charge in [0, 0.05) is 24.8 Å². The monoisotopic (exact) mass is 315 g/mol. The van der Waals surface area contributed by atoms with E-state index in [1.54, 1.807) is 9.80 Å². The Balaban J connectivity index is 1.54. The van der Waals surface area contributed by atoms with Gasteiger partial charge in [-0.15, -0.1) is 0 Å². The number of nitrogens with zero attached hydrogens (tertiary/aromatic N) is 3. The first-order chi connectivity index (χ1) is 11.1. The zero-order valence-electron chi connectivity index (χ0n) is 13.8. The van der Waals surface area contributed by atoms with E-state index in [-0.39, 0.29) is 18.4 Å². The van der Waals surface area contributed by atoms with Crippen molar-refractivity contribution in [2.24, 2.45) is 0 Å². The van der Waals surface area contributed by atoms with Gasteiger partial charge in [0.25, 0.3) is 0 Å². The van der Waals surface area contributed by atoms with Crippen LogP contribution in [0.5, 0.6) is 0 Å². The predicted octanol–water partition coefficient (Wildman–Crippen LogP) is 1.74. The Labute approximate surface area is 137 Å². The fourth-order valence-electron chi connectivity index (χ4n) is 3.55. The number of para-hydroxylation sites is 1. The van der Waals surface area contributed by atoms with Crippen LogP contribution in [0, 0.1) is 0 Å². The largest absolute Gasteiger partial charge is 0.330 e. The molecule has 2 fully saturated rings. The maximum absolute atomic E-state index is 12.5. The van der Waals surface area contributed by atoms with E-state index in [4.69, 9.17) is 0 Å². The van der Waals surface area contributed by atoms with Crippen molar-refractivity contribution in [2.75, 3.05) is 38.1 Å². The summed E-state index contributed by atoms with van der Waals surface area (Å²) in [5, 5.41) is 0. The van der Waals surface area contributed by atoms with Crippen molar-refractivity contribution in [2.45, 2.75) is 31.7 Å². The fourth-order valence-corrected chi connectivity index (χ4v) is 3.55. The van der Waals surface area contributed by atoms with Gasteiger partial charge in [0.05, 0.1) is 6.54 Å². The van der Waals surface area contributed by atoms with Crippen molar-refractivity contribution in [1.82, 2.24) is 9.80 Å². The normalized spacial score (nSPS) is 19.7. The number of piperazine rings is 1. The number of rotatable bonds is 4. The SMILES string of the molecule is CN(CC(=O)N1CCN(c2ccccc2)C(=O)C1)C1CCCC1. The summed E-state index contributed by atoms with van der Waals surface area (Å²) in [4.78, 5) is 30.5. The third-order valence-electron chi connectivity index (χ3n) is 4.97. The summed E-state index contributed by atoms with van der Waals surface area (Å²) in [6.45, 7) is 1.79. The summed E-state index contributed by atoms with van der Waals surface area (Å²) in [5.41, 5.74) is 0.910. The van der Waals surface area contributed by atoms with E-state index in [1.807, 2.05) is 37.4 Å². The van der Waals surface area contributed by atoms with Crippen LogP contribution in [0.15, 0.2) is 30.3 Å². The molecule has 2 amide bonds. The van der Waals surface area contributed by atoms with Gasteiger partial charge in [-0.3, -0.25) is 14.5 Å². The number of amides is 2. The lowest BCUT2D eigenvalue weighted by Gasteiger charge is -2.35. The van der Waals surface area contributed by atoms with Crippen molar-refractivity contribution in [1.29, 1.82) is 0 Å². The molecule has 23 heavy (non-hydrogen) atoms. The number of hydrogen-bond donors (Lipinski definition) is 0. The van der Waals surface area contributed by atoms with Crippen LogP contribution < -0.4 is 4.90 Å². The first-order valence-corrected chi connectivity index (χ1v) is 8.48. The molecule has 1 heterocycles. The summed E-state index contributed by atoms with van der Waals surface area (Å²) in [6.07, 6.45) is 4.89. The van der Waals surface area contributed by atoms with E-state index in [0.717, 1.165) is 5.69 Å². The first kappa shape index (κ1) is 16.0. The highest BCUT2D eigenvalue weighted by molar-refractivity contribution is 5.98. The molecule has 0 spiro atoms. The molecular formula is C18H25N3O2. The highest BCUT2D eigenvalue weighted by Gasteiger charge is 2.29. The number of benzene rings is 1. The van der Waals surface area contributed by atoms with Crippen LogP contribution in [-0.2, 0) is 9.59 Å². The van der Waals surface area contributed by atoms with Crippen LogP contribution in [-0.4, -0.2) is 60.9 Å². The summed E-state index contributed by atoms with van der Waals surface area (Å²) in [7, 11) is 2.02. The highest BCUT2D eigenvalue weighted by atomic mass is 16.2. The number of carbonyl (C=O) groups excluding carboxylic acids is 2. The lowest BCUT2D eigenvalue weighted by Crippen LogP contribution is -2.54. The zero-order chi connectivity index (χ0) is 16.2. The average molecular weight is 315 g/mol. The summed E-state index contributed by atoms with van der Waals surface area (Å²) in [6, 6.07) is 10.2. The van der Waals surface area contributed by atoms with Crippen LogP contribution in [0.25, 0.3) is 0 Å². The van der Waals surface area contributed by atoms with Crippen LogP contribution in [0.1, 0.15) is 25.7 Å². The summed E-state index contributed by atoms with van der Waals surface area (Å²) in [5.74, 6) is 0.0692. The second-order valence-corrected chi connectivity index (χ2v) is 6.55. The zero-order valence-corrected chi connectivity index (χ0v) is 13.8. The topological polar surface area (TPSA) is 43.9 Å². The quantitative estimate of drug-likeness (QED) is 0.850. The summed E-state index contributed by atoms with van der Waals surface area (Å²) < 4.78 is 0. The molecule has 1 saturated carbocycles. The van der Waals surface area contributed by atoms with E-state index >= 15 is 0 Å². The molecule has 0 unspecified atom stereocenters. The second kappa shape index (κ2) is 7.13. The van der Waals surface area contributed by atoms with Gasteiger partial charge >= 0.3 is 0 Å². The second-order valence-electron chi connectivity index (χ2n) is 6.55. The molecule has 0 bridgehead atoms. The standard InChI is InChI=1S/C18H25N3O2/c1-19(15-7-5-6-8-15)13-17(22)20-11-12-21(18(23)14-20)16-9-3-2-4-10-16/h2-4,9-10,15H,5-8,11-14H2,1H3. The van der Waals surface area contributed by atoms with E-state index < -0.39 is 0 Å². The molecule has 0 aromatic heterocycles. The predicted molar refractivity (Wildman–Crippen MR) is 90.3 cm³/mol. The number of hydrogen-bond acceptors (Lipinski definition) is 3. The molecule has 1 aromatic carbocycles. The fraction of sp³-hybridized carbons (Fsp3) is 0.556. The van der Waals surface area contributed by atoms with Crippen molar-refractivity contribution in [3.05, 3.63) is 30.3 Å². The minimum absolute atomic E-state index is 0.000630. The Morgan fingerprint density at radius 2 is 1.87 bits per heavy atom. The van der Waals surface area contributed by atoms with Gasteiger partial charge in [0.2, 0.25) is 11.8 Å². The number of carbonyl (C=O) groups is 2. The van der Waals surface area contributed by atoms with Crippen molar-refractivity contribution in [3.8, 4) is 0 Å². The number of anilines is 1. The van der Waals surface area contributed by atoms with Crippen LogP contribution in [0.2, 0.25) is 0 Å². The minimum atomic E-state index is -0.000630. The van der Waals surface area contributed by atoms with Crippen LogP contribution in [0.3, 0.4) is 0 Å². The van der Waals surface area contributed by atoms with E-state index in [1.165, 1.54) is 25.7 Å². The van der Waals surface area contributed by atoms with E-state index in [0.29, 0.717) is 25.7 Å². The molecular weight excluding hydrogens is 290 g/mol. The molecule has 124 valence electrons. The smallest absolute Gasteiger partial charge is 0.246 e. The third kappa shape index (κ3) is 3.72. The Morgan fingerprint density at radius 3 is 2.52 bits per heavy atom. The molecule has 5 heteroatoms. The van der Waals surface area contributed by atoms with Crippen molar-refractivity contribution in [3.63, 3.8) is 0 Å². The molecule has 1 aromatic rings. The Kier molecular flexibility index (Phi) is 4.96. The van der Waals surface area contributed by atoms with Gasteiger partial charge in [-0.1, -0.05) is 31.0 Å². The Bertz CT molecular complexity index is 555. The van der Waals surface area contributed by atoms with E-state index in [9.17, 15) is 9.59 Å². The molecule has 1 aliphatic carbocycles. The maximum atomic E-state index is 12.5. The van der Waals surface area contributed by atoms with Crippen LogP contribution in [0.4, 0.5) is 5.69 Å². The Hall–Kier alpha value is -1.88. The average Bonchev–Trinajstić information content (AvgIpc) is 3.10. The third-order valence-corrected chi connectivity index (χ3v) is 4.97. The van der Waals surface area contributed by atoms with Crippen LogP contribution >= 0.6 is 0 Å². The minimum Gasteiger partial charge on any atom is -0.330 e. The van der Waals surface area contributed by atoms with Gasteiger partial charge in [0.15, 0.2) is 0 Å². The van der Waals surface area contributed by atoms with Gasteiger partial charge in [0.1, 0.15) is 6.54 Å². The molecule has 3 rings (SSSR count). The highest BCUT2D eigenvalue weighted by Crippen LogP contribution is 2.22. The molecule has 2 aliphatic rings. The Morgan fingerprint density at radius 1 is 1.17 bits per heavy atom. The lowest BCUT2D eigenvalue weighted by molar-refractivity contribution is -0.137. The molecule has 0 atom stereocenters. The van der Waals surface area contributed by atoms with Gasteiger partial charge < -0.3 is 9.80 Å². The van der Waals surface area contributed by atoms with Crippen molar-refractivity contribution >= 4 is 17.5 Å². The van der Waals surface area contributed by atoms with Gasteiger partial charge in [-0.2, -0.15) is 0 Å². The van der Waals surface area contributed by atoms with Gasteiger partial charge in [-0.05, 0) is 32.0 Å². The number of likely N-dealkylation sites (N-methyl/N-ethyl adjacent to an activating group) is 1. The molecule has 1 aliphatic heterocycles.